The number of aromatic nitrogens is 3. The zero-order valence-electron chi connectivity index (χ0n) is 12.7. The second kappa shape index (κ2) is 6.25. The van der Waals surface area contributed by atoms with Crippen molar-refractivity contribution in [1.29, 1.82) is 0 Å². The number of ether oxygens (including phenoxy) is 1. The standard InChI is InChI=1S/C17H10N4O3S/c22-21(23)16-14(6-3-8-18-16)24-17-12-4-1-2-5-13(12)19-15(20-17)11-7-9-25-10-11/h1-10H. The Labute approximate surface area is 145 Å². The normalized spacial score (nSPS) is 10.7. The van der Waals surface area contributed by atoms with E-state index < -0.39 is 4.92 Å². The van der Waals surface area contributed by atoms with Crippen molar-refractivity contribution in [3.63, 3.8) is 0 Å². The summed E-state index contributed by atoms with van der Waals surface area (Å²) in [6.45, 7) is 0. The van der Waals surface area contributed by atoms with Crippen LogP contribution in [0.5, 0.6) is 11.6 Å². The predicted molar refractivity (Wildman–Crippen MR) is 93.8 cm³/mol. The molecular formula is C17H10N4O3S. The van der Waals surface area contributed by atoms with Crippen LogP contribution in [0.25, 0.3) is 22.3 Å². The van der Waals surface area contributed by atoms with Crippen molar-refractivity contribution >= 4 is 28.1 Å². The van der Waals surface area contributed by atoms with E-state index >= 15 is 0 Å². The van der Waals surface area contributed by atoms with Crippen LogP contribution in [-0.4, -0.2) is 19.9 Å². The van der Waals surface area contributed by atoms with Gasteiger partial charge in [-0.1, -0.05) is 12.1 Å². The fraction of sp³-hybridized carbons (Fsp3) is 0. The van der Waals surface area contributed by atoms with Crippen molar-refractivity contribution in [3.05, 3.63) is 69.5 Å². The van der Waals surface area contributed by atoms with Gasteiger partial charge in [0.1, 0.15) is 6.20 Å². The van der Waals surface area contributed by atoms with Crippen LogP contribution in [0.1, 0.15) is 0 Å². The molecule has 1 aromatic carbocycles. The molecule has 0 fully saturated rings. The van der Waals surface area contributed by atoms with Crippen LogP contribution in [0, 0.1) is 10.1 Å². The third-order valence-corrected chi connectivity index (χ3v) is 4.16. The van der Waals surface area contributed by atoms with E-state index in [4.69, 9.17) is 4.74 Å². The summed E-state index contributed by atoms with van der Waals surface area (Å²) in [6, 6.07) is 12.3. The molecule has 0 spiro atoms. The molecule has 25 heavy (non-hydrogen) atoms. The smallest absolute Gasteiger partial charge is 0.406 e. The Hall–Kier alpha value is -3.39. The van der Waals surface area contributed by atoms with E-state index in [1.807, 2.05) is 41.1 Å². The first-order valence-corrected chi connectivity index (χ1v) is 8.23. The summed E-state index contributed by atoms with van der Waals surface area (Å²) in [5, 5.41) is 15.7. The van der Waals surface area contributed by atoms with Crippen LogP contribution in [-0.2, 0) is 0 Å². The summed E-state index contributed by atoms with van der Waals surface area (Å²) < 4.78 is 5.77. The molecule has 0 unspecified atom stereocenters. The molecule has 7 nitrogen and oxygen atoms in total. The number of hydrogen-bond donors (Lipinski definition) is 0. The van der Waals surface area contributed by atoms with Crippen LogP contribution in [0.15, 0.2) is 59.4 Å². The second-order valence-electron chi connectivity index (χ2n) is 5.07. The van der Waals surface area contributed by atoms with Gasteiger partial charge in [0.15, 0.2) is 5.82 Å². The molecule has 0 aliphatic rings. The largest absolute Gasteiger partial charge is 0.429 e. The first-order chi connectivity index (χ1) is 12.2. The average molecular weight is 350 g/mol. The van der Waals surface area contributed by atoms with Gasteiger partial charge in [0.25, 0.3) is 0 Å². The van der Waals surface area contributed by atoms with Gasteiger partial charge in [-0.25, -0.2) is 4.98 Å². The summed E-state index contributed by atoms with van der Waals surface area (Å²) in [5.74, 6) is 0.430. The highest BCUT2D eigenvalue weighted by molar-refractivity contribution is 7.08. The molecule has 4 aromatic rings. The maximum atomic E-state index is 11.2. The molecule has 0 saturated heterocycles. The monoisotopic (exact) mass is 350 g/mol. The molecule has 0 saturated carbocycles. The lowest BCUT2D eigenvalue weighted by atomic mass is 10.2. The predicted octanol–water partition coefficient (Wildman–Crippen LogP) is 4.45. The van der Waals surface area contributed by atoms with Crippen molar-refractivity contribution in [2.75, 3.05) is 0 Å². The van der Waals surface area contributed by atoms with Crippen LogP contribution in [0.4, 0.5) is 5.82 Å². The minimum Gasteiger partial charge on any atom is -0.429 e. The number of pyridine rings is 1. The lowest BCUT2D eigenvalue weighted by molar-refractivity contribution is -0.390. The summed E-state index contributed by atoms with van der Waals surface area (Å²) in [5.41, 5.74) is 1.56. The Kier molecular flexibility index (Phi) is 3.79. The molecule has 0 radical (unpaired) electrons. The third kappa shape index (κ3) is 2.90. The first-order valence-electron chi connectivity index (χ1n) is 7.29. The van der Waals surface area contributed by atoms with Crippen LogP contribution >= 0.6 is 11.3 Å². The number of thiophene rings is 1. The van der Waals surface area contributed by atoms with E-state index in [0.717, 1.165) is 5.56 Å². The Morgan fingerprint density at radius 1 is 1.08 bits per heavy atom. The molecular weight excluding hydrogens is 340 g/mol. The number of nitro groups is 1. The Balaban J connectivity index is 1.88. The van der Waals surface area contributed by atoms with E-state index in [-0.39, 0.29) is 17.4 Å². The minimum absolute atomic E-state index is 0.0348. The number of nitrogens with zero attached hydrogens (tertiary/aromatic N) is 4. The zero-order valence-corrected chi connectivity index (χ0v) is 13.5. The van der Waals surface area contributed by atoms with Gasteiger partial charge in [0.2, 0.25) is 11.6 Å². The van der Waals surface area contributed by atoms with Crippen LogP contribution in [0.3, 0.4) is 0 Å². The van der Waals surface area contributed by atoms with Crippen molar-refractivity contribution < 1.29 is 9.66 Å². The fourth-order valence-electron chi connectivity index (χ4n) is 2.35. The lowest BCUT2D eigenvalue weighted by Gasteiger charge is -2.09. The van der Waals surface area contributed by atoms with Crippen molar-refractivity contribution in [2.24, 2.45) is 0 Å². The van der Waals surface area contributed by atoms with Gasteiger partial charge in [-0.15, -0.1) is 0 Å². The molecule has 0 atom stereocenters. The van der Waals surface area contributed by atoms with Gasteiger partial charge in [0, 0.05) is 10.9 Å². The number of fused-ring (bicyclic) bond motifs is 1. The van der Waals surface area contributed by atoms with Gasteiger partial charge in [-0.05, 0) is 45.6 Å². The Bertz CT molecular complexity index is 1070. The van der Waals surface area contributed by atoms with E-state index in [0.29, 0.717) is 16.7 Å². The lowest BCUT2D eigenvalue weighted by Crippen LogP contribution is -1.99. The molecule has 3 heterocycles. The van der Waals surface area contributed by atoms with Gasteiger partial charge >= 0.3 is 5.82 Å². The maximum absolute atomic E-state index is 11.2. The minimum atomic E-state index is -0.585. The molecule has 0 aliphatic carbocycles. The first kappa shape index (κ1) is 15.2. The van der Waals surface area contributed by atoms with Crippen molar-refractivity contribution in [2.45, 2.75) is 0 Å². The molecule has 122 valence electrons. The fourth-order valence-corrected chi connectivity index (χ4v) is 2.98. The third-order valence-electron chi connectivity index (χ3n) is 3.48. The highest BCUT2D eigenvalue weighted by Gasteiger charge is 2.19. The van der Waals surface area contributed by atoms with Crippen molar-refractivity contribution in [3.8, 4) is 23.0 Å². The molecule has 3 aromatic heterocycles. The quantitative estimate of drug-likeness (QED) is 0.399. The maximum Gasteiger partial charge on any atom is 0.406 e. The topological polar surface area (TPSA) is 91.0 Å². The molecule has 0 aliphatic heterocycles. The van der Waals surface area contributed by atoms with Crippen LogP contribution in [0.2, 0.25) is 0 Å². The van der Waals surface area contributed by atoms with Gasteiger partial charge in [-0.2, -0.15) is 16.3 Å². The molecule has 0 bridgehead atoms. The summed E-state index contributed by atoms with van der Waals surface area (Å²) in [6.07, 6.45) is 1.35. The zero-order chi connectivity index (χ0) is 17.2. The highest BCUT2D eigenvalue weighted by atomic mass is 32.1. The second-order valence-corrected chi connectivity index (χ2v) is 5.85. The molecule has 4 rings (SSSR count). The molecule has 0 N–H and O–H groups in total. The van der Waals surface area contributed by atoms with E-state index in [1.54, 1.807) is 6.07 Å². The van der Waals surface area contributed by atoms with E-state index in [9.17, 15) is 10.1 Å². The summed E-state index contributed by atoms with van der Waals surface area (Å²) in [7, 11) is 0. The summed E-state index contributed by atoms with van der Waals surface area (Å²) >= 11 is 1.54. The SMILES string of the molecule is O=[N+]([O-])c1ncccc1Oc1nc(-c2ccsc2)nc2ccccc12. The highest BCUT2D eigenvalue weighted by Crippen LogP contribution is 2.33. The summed E-state index contributed by atoms with van der Waals surface area (Å²) in [4.78, 5) is 23.3. The number of hydrogen-bond acceptors (Lipinski definition) is 7. The van der Waals surface area contributed by atoms with Gasteiger partial charge < -0.3 is 14.9 Å². The van der Waals surface area contributed by atoms with Gasteiger partial charge in [-0.3, -0.25) is 0 Å². The van der Waals surface area contributed by atoms with Crippen molar-refractivity contribution in [1.82, 2.24) is 15.0 Å². The number of para-hydroxylation sites is 1. The van der Waals surface area contributed by atoms with E-state index in [2.05, 4.69) is 15.0 Å². The Morgan fingerprint density at radius 3 is 2.76 bits per heavy atom. The van der Waals surface area contributed by atoms with Gasteiger partial charge in [0.05, 0.1) is 10.9 Å². The Morgan fingerprint density at radius 2 is 1.96 bits per heavy atom. The van der Waals surface area contributed by atoms with Crippen LogP contribution < -0.4 is 4.74 Å². The van der Waals surface area contributed by atoms with E-state index in [1.165, 1.54) is 23.6 Å². The number of rotatable bonds is 4. The molecule has 0 amide bonds. The molecule has 8 heteroatoms. The average Bonchev–Trinajstić information content (AvgIpc) is 3.16. The number of benzene rings is 1.